The molecule has 0 unspecified atom stereocenters. The Hall–Kier alpha value is -12.9. The molecule has 566 valence electrons. The summed E-state index contributed by atoms with van der Waals surface area (Å²) in [6, 6.07) is 151. The molecule has 0 saturated heterocycles. The normalized spacial score (nSPS) is 11.2. The van der Waals surface area contributed by atoms with E-state index in [0.717, 1.165) is 35.3 Å². The van der Waals surface area contributed by atoms with Crippen LogP contribution in [-0.4, -0.2) is 34.3 Å². The molecular formula is C110H75B2Br3O4. The van der Waals surface area contributed by atoms with E-state index in [-0.39, 0.29) is 0 Å². The maximum atomic E-state index is 9.11. The first-order valence-electron chi connectivity index (χ1n) is 39.6. The number of hydrogen-bond donors (Lipinski definition) is 4. The molecule has 22 rings (SSSR count). The summed E-state index contributed by atoms with van der Waals surface area (Å²) in [4.78, 5) is 0. The second-order valence-electron chi connectivity index (χ2n) is 29.9. The summed E-state index contributed by atoms with van der Waals surface area (Å²) in [6.45, 7) is 0. The van der Waals surface area contributed by atoms with Crippen molar-refractivity contribution < 1.29 is 20.1 Å². The maximum Gasteiger partial charge on any atom is 0.488 e. The number of benzene rings is 22. The largest absolute Gasteiger partial charge is 0.488 e. The van der Waals surface area contributed by atoms with Crippen molar-refractivity contribution in [2.45, 2.75) is 0 Å². The zero-order valence-electron chi connectivity index (χ0n) is 64.6. The van der Waals surface area contributed by atoms with Gasteiger partial charge in [0, 0.05) is 13.4 Å². The minimum atomic E-state index is -1.42. The third kappa shape index (κ3) is 16.9. The smallest absolute Gasteiger partial charge is 0.423 e. The quantitative estimate of drug-likeness (QED) is 0.0903. The number of hydrogen-bond acceptors (Lipinski definition) is 4. The fourth-order valence-electron chi connectivity index (χ4n) is 16.4. The fourth-order valence-corrected chi connectivity index (χ4v) is 17.5. The van der Waals surface area contributed by atoms with E-state index in [4.69, 9.17) is 20.1 Å². The lowest BCUT2D eigenvalue weighted by Gasteiger charge is -2.11. The summed E-state index contributed by atoms with van der Waals surface area (Å²) >= 11 is 10.6. The SMILES string of the molecule is Brc1ccc2c(ccc3cc(-c4ccc(-c5cccc6ccccc56)cc4)ccc32)c1.Brc1ccc2c(ccc3cc(Br)ccc32)c1.OB(O)c1ccc(-c2cccc3ccccc23)cc1.OB(O)c1ccc2ccccc2c1.c1ccc2cc(-c3ccc4c(ccc5cc(-c6ccc(-c7cccc8ccccc78)cc6)ccc54)c3)ccc2c1. The molecule has 22 aromatic carbocycles. The van der Waals surface area contributed by atoms with Crippen LogP contribution in [0.5, 0.6) is 0 Å². The van der Waals surface area contributed by atoms with Crippen LogP contribution in [0.1, 0.15) is 0 Å². The van der Waals surface area contributed by atoms with Crippen molar-refractivity contribution in [3.05, 3.63) is 444 Å². The molecule has 0 amide bonds. The molecule has 0 atom stereocenters. The molecule has 0 aliphatic rings. The molecule has 0 aromatic heterocycles. The fraction of sp³-hybridized carbons (Fsp3) is 0. The van der Waals surface area contributed by atoms with Crippen LogP contribution in [0, 0.1) is 0 Å². The van der Waals surface area contributed by atoms with E-state index in [1.807, 2.05) is 60.7 Å². The molecule has 0 spiro atoms. The van der Waals surface area contributed by atoms with E-state index < -0.39 is 14.2 Å². The lowest BCUT2D eigenvalue weighted by molar-refractivity contribution is 0.424. The summed E-state index contributed by atoms with van der Waals surface area (Å²) in [5, 5.41) is 63.7. The number of halogens is 3. The first-order chi connectivity index (χ1) is 58.3. The zero-order valence-corrected chi connectivity index (χ0v) is 69.3. The Kier molecular flexibility index (Phi) is 22.6. The standard InChI is InChI=1S/C40H26.C30H19Br.C16H13BO2.C14H8Br2.C10H9BO2/c1-2-8-31-24-33(17-14-27(31)6-1)34-21-23-40-36(26-34)19-18-35-25-32(20-22-39(35)40)28-12-15-30(16-13-28)38-11-5-9-29-7-3-4-10-37(29)38;31-26-15-17-30-25(19-26)13-12-24-18-23(14-16-29(24)30)20-8-10-22(11-9-20)28-7-3-5-21-4-1-2-6-27(21)28;18-17(19)14-10-8-13(9-11-14)16-7-3-5-12-4-1-2-6-15(12)16;15-11-3-5-13-9(7-11)1-2-10-8-12(16)4-6-14(10)13;12-11(13)10-6-5-8-3-1-2-4-9(8)7-10/h1-26H;1-19H;1-11,18-19H;1-8H;1-7,12-13H. The van der Waals surface area contributed by atoms with Gasteiger partial charge in [0.15, 0.2) is 0 Å². The Morgan fingerprint density at radius 2 is 0.370 bits per heavy atom. The highest BCUT2D eigenvalue weighted by atomic mass is 79.9. The van der Waals surface area contributed by atoms with Gasteiger partial charge in [0.05, 0.1) is 0 Å². The van der Waals surface area contributed by atoms with Crippen LogP contribution < -0.4 is 10.9 Å². The van der Waals surface area contributed by atoms with E-state index in [1.165, 1.54) is 163 Å². The van der Waals surface area contributed by atoms with Crippen molar-refractivity contribution in [3.63, 3.8) is 0 Å². The second kappa shape index (κ2) is 34.7. The molecule has 119 heavy (non-hydrogen) atoms. The van der Waals surface area contributed by atoms with Gasteiger partial charge in [-0.3, -0.25) is 0 Å². The minimum absolute atomic E-state index is 0.504. The van der Waals surface area contributed by atoms with Crippen molar-refractivity contribution in [3.8, 4) is 66.8 Å². The topological polar surface area (TPSA) is 80.9 Å². The molecule has 0 aliphatic heterocycles. The van der Waals surface area contributed by atoms with Gasteiger partial charge in [-0.1, -0.05) is 418 Å². The van der Waals surface area contributed by atoms with Gasteiger partial charge in [0.2, 0.25) is 0 Å². The van der Waals surface area contributed by atoms with Gasteiger partial charge < -0.3 is 20.1 Å². The molecule has 0 radical (unpaired) electrons. The predicted molar refractivity (Wildman–Crippen MR) is 520 cm³/mol. The molecule has 0 aliphatic carbocycles. The highest BCUT2D eigenvalue weighted by molar-refractivity contribution is 9.11. The minimum Gasteiger partial charge on any atom is -0.423 e. The highest BCUT2D eigenvalue weighted by Crippen LogP contribution is 2.39. The van der Waals surface area contributed by atoms with E-state index in [1.54, 1.807) is 24.3 Å². The summed E-state index contributed by atoms with van der Waals surface area (Å²) in [5.74, 6) is 0. The molecule has 0 heterocycles. The molecule has 0 fully saturated rings. The van der Waals surface area contributed by atoms with Crippen molar-refractivity contribution in [1.82, 2.24) is 0 Å². The van der Waals surface area contributed by atoms with Gasteiger partial charge in [-0.15, -0.1) is 0 Å². The first-order valence-corrected chi connectivity index (χ1v) is 42.0. The predicted octanol–water partition coefficient (Wildman–Crippen LogP) is 28.8. The summed E-state index contributed by atoms with van der Waals surface area (Å²) in [6.07, 6.45) is 0. The lowest BCUT2D eigenvalue weighted by atomic mass is 9.79. The van der Waals surface area contributed by atoms with E-state index in [0.29, 0.717) is 10.9 Å². The number of fused-ring (bicyclic) bond motifs is 14. The monoisotopic (exact) mass is 1720 g/mol. The van der Waals surface area contributed by atoms with Gasteiger partial charge in [-0.05, 0) is 257 Å². The maximum absolute atomic E-state index is 9.11. The summed E-state index contributed by atoms with van der Waals surface area (Å²) < 4.78 is 3.36. The Morgan fingerprint density at radius 3 is 0.723 bits per heavy atom. The average molecular weight is 1720 g/mol. The molecule has 0 saturated carbocycles. The summed E-state index contributed by atoms with van der Waals surface area (Å²) in [7, 11) is -2.80. The van der Waals surface area contributed by atoms with Crippen LogP contribution in [0.4, 0.5) is 0 Å². The third-order valence-electron chi connectivity index (χ3n) is 22.5. The van der Waals surface area contributed by atoms with Crippen LogP contribution in [-0.2, 0) is 0 Å². The van der Waals surface area contributed by atoms with Gasteiger partial charge >= 0.3 is 14.2 Å². The molecular weight excluding hydrogens is 1650 g/mol. The third-order valence-corrected chi connectivity index (χ3v) is 24.0. The Balaban J connectivity index is 0.000000109. The van der Waals surface area contributed by atoms with Crippen molar-refractivity contribution in [2.75, 3.05) is 0 Å². The van der Waals surface area contributed by atoms with Gasteiger partial charge in [-0.25, -0.2) is 0 Å². The van der Waals surface area contributed by atoms with E-state index in [2.05, 4.69) is 394 Å². The molecule has 9 heteroatoms. The van der Waals surface area contributed by atoms with E-state index >= 15 is 0 Å². The van der Waals surface area contributed by atoms with Crippen LogP contribution in [0.15, 0.2) is 444 Å². The summed E-state index contributed by atoms with van der Waals surface area (Å²) in [5.41, 5.74) is 15.8. The Labute approximate surface area is 716 Å². The lowest BCUT2D eigenvalue weighted by Crippen LogP contribution is -2.29. The van der Waals surface area contributed by atoms with Crippen molar-refractivity contribution >= 4 is 191 Å². The Morgan fingerprint density at radius 1 is 0.143 bits per heavy atom. The van der Waals surface area contributed by atoms with Crippen molar-refractivity contribution in [1.29, 1.82) is 0 Å². The first kappa shape index (κ1) is 77.3. The van der Waals surface area contributed by atoms with Crippen LogP contribution in [0.25, 0.3) is 185 Å². The highest BCUT2D eigenvalue weighted by Gasteiger charge is 2.15. The van der Waals surface area contributed by atoms with Gasteiger partial charge in [0.25, 0.3) is 0 Å². The van der Waals surface area contributed by atoms with Crippen LogP contribution in [0.2, 0.25) is 0 Å². The van der Waals surface area contributed by atoms with Gasteiger partial charge in [0.1, 0.15) is 0 Å². The molecule has 0 bridgehead atoms. The van der Waals surface area contributed by atoms with Crippen molar-refractivity contribution in [2.24, 2.45) is 0 Å². The second-order valence-corrected chi connectivity index (χ2v) is 32.6. The average Bonchev–Trinajstić information content (AvgIpc) is 0.765. The van der Waals surface area contributed by atoms with Gasteiger partial charge in [-0.2, -0.15) is 0 Å². The number of rotatable bonds is 8. The molecule has 4 nitrogen and oxygen atoms in total. The Bertz CT molecular complexity index is 7470. The molecule has 4 N–H and O–H groups in total. The zero-order chi connectivity index (χ0) is 80.9. The molecule has 22 aromatic rings. The van der Waals surface area contributed by atoms with E-state index in [9.17, 15) is 0 Å². The van der Waals surface area contributed by atoms with Crippen LogP contribution >= 0.6 is 47.8 Å². The van der Waals surface area contributed by atoms with Crippen LogP contribution in [0.3, 0.4) is 0 Å².